The fourth-order valence-electron chi connectivity index (χ4n) is 2.38. The summed E-state index contributed by atoms with van der Waals surface area (Å²) in [5, 5.41) is 11.0. The van der Waals surface area contributed by atoms with Crippen LogP contribution < -0.4 is 0 Å². The highest BCUT2D eigenvalue weighted by Crippen LogP contribution is 2.34. The average Bonchev–Trinajstić information content (AvgIpc) is 2.45. The number of cyclic esters (lactones) is 1. The van der Waals surface area contributed by atoms with Gasteiger partial charge in [0.25, 0.3) is 0 Å². The lowest BCUT2D eigenvalue weighted by Gasteiger charge is -2.34. The standard InChI is InChI=1S/C17H19IO6/c1-4-22-15(20)17(21,11-5-7-12(18)8-6-11)10-13-9-14(19)24-16(2,3)23-13/h5-9,21H,4,10H2,1-3H3/t17-/m1/s1. The molecule has 1 aromatic rings. The molecule has 1 aliphatic heterocycles. The molecule has 0 saturated heterocycles. The second-order valence-electron chi connectivity index (χ2n) is 5.80. The van der Waals surface area contributed by atoms with Crippen LogP contribution >= 0.6 is 22.6 Å². The van der Waals surface area contributed by atoms with Crippen LogP contribution in [0.15, 0.2) is 36.1 Å². The quantitative estimate of drug-likeness (QED) is 0.554. The van der Waals surface area contributed by atoms with Crippen LogP contribution in [0.2, 0.25) is 0 Å². The van der Waals surface area contributed by atoms with Crippen molar-refractivity contribution in [3.63, 3.8) is 0 Å². The molecular formula is C17H19IO6. The second kappa shape index (κ2) is 7.10. The molecule has 1 N–H and O–H groups in total. The number of benzene rings is 1. The fraction of sp³-hybridized carbons (Fsp3) is 0.412. The van der Waals surface area contributed by atoms with E-state index in [1.54, 1.807) is 45.0 Å². The summed E-state index contributed by atoms with van der Waals surface area (Å²) in [6.45, 7) is 4.93. The van der Waals surface area contributed by atoms with Gasteiger partial charge in [-0.3, -0.25) is 0 Å². The molecule has 1 aliphatic rings. The molecule has 0 bridgehead atoms. The smallest absolute Gasteiger partial charge is 0.343 e. The van der Waals surface area contributed by atoms with Gasteiger partial charge in [-0.05, 0) is 47.2 Å². The second-order valence-corrected chi connectivity index (χ2v) is 7.04. The summed E-state index contributed by atoms with van der Waals surface area (Å²) in [5.41, 5.74) is -1.59. The summed E-state index contributed by atoms with van der Waals surface area (Å²) >= 11 is 2.13. The zero-order valence-corrected chi connectivity index (χ0v) is 15.8. The average molecular weight is 446 g/mol. The Morgan fingerprint density at radius 3 is 2.46 bits per heavy atom. The van der Waals surface area contributed by atoms with E-state index in [0.717, 1.165) is 9.65 Å². The van der Waals surface area contributed by atoms with E-state index in [0.29, 0.717) is 5.56 Å². The number of aliphatic hydroxyl groups is 1. The van der Waals surface area contributed by atoms with Crippen LogP contribution in [-0.2, 0) is 29.4 Å². The lowest BCUT2D eigenvalue weighted by atomic mass is 9.89. The summed E-state index contributed by atoms with van der Waals surface area (Å²) in [6, 6.07) is 6.83. The Labute approximate surface area is 153 Å². The lowest BCUT2D eigenvalue weighted by molar-refractivity contribution is -0.209. The van der Waals surface area contributed by atoms with E-state index in [2.05, 4.69) is 22.6 Å². The molecule has 7 heteroatoms. The zero-order valence-electron chi connectivity index (χ0n) is 13.7. The van der Waals surface area contributed by atoms with E-state index < -0.39 is 23.3 Å². The van der Waals surface area contributed by atoms with Crippen LogP contribution in [0.3, 0.4) is 0 Å². The Kier molecular flexibility index (Phi) is 5.54. The number of ether oxygens (including phenoxy) is 3. The molecule has 2 rings (SSSR count). The van der Waals surface area contributed by atoms with Gasteiger partial charge in [-0.2, -0.15) is 0 Å². The molecule has 0 radical (unpaired) electrons. The number of carbonyl (C=O) groups is 2. The van der Waals surface area contributed by atoms with Crippen molar-refractivity contribution in [2.24, 2.45) is 0 Å². The van der Waals surface area contributed by atoms with Crippen LogP contribution in [0.5, 0.6) is 0 Å². The summed E-state index contributed by atoms with van der Waals surface area (Å²) in [6.07, 6.45) is 0.896. The van der Waals surface area contributed by atoms with Gasteiger partial charge < -0.3 is 19.3 Å². The molecule has 0 aliphatic carbocycles. The first-order valence-corrected chi connectivity index (χ1v) is 8.52. The van der Waals surface area contributed by atoms with Gasteiger partial charge in [-0.15, -0.1) is 0 Å². The molecule has 0 fully saturated rings. The Balaban J connectivity index is 2.38. The van der Waals surface area contributed by atoms with Gasteiger partial charge >= 0.3 is 11.9 Å². The topological polar surface area (TPSA) is 82.1 Å². The molecule has 0 aromatic heterocycles. The van der Waals surface area contributed by atoms with E-state index in [-0.39, 0.29) is 18.8 Å². The van der Waals surface area contributed by atoms with Crippen molar-refractivity contribution in [3.8, 4) is 0 Å². The Morgan fingerprint density at radius 2 is 1.92 bits per heavy atom. The normalized spacial score (nSPS) is 18.7. The molecule has 1 aromatic carbocycles. The first kappa shape index (κ1) is 18.7. The predicted molar refractivity (Wildman–Crippen MR) is 93.6 cm³/mol. The Morgan fingerprint density at radius 1 is 1.29 bits per heavy atom. The highest BCUT2D eigenvalue weighted by atomic mass is 127. The van der Waals surface area contributed by atoms with Gasteiger partial charge in [0.2, 0.25) is 5.79 Å². The van der Waals surface area contributed by atoms with Gasteiger partial charge in [0.15, 0.2) is 5.60 Å². The summed E-state index contributed by atoms with van der Waals surface area (Å²) < 4.78 is 16.6. The summed E-state index contributed by atoms with van der Waals surface area (Å²) in [5.74, 6) is -2.39. The summed E-state index contributed by atoms with van der Waals surface area (Å²) in [7, 11) is 0. The highest BCUT2D eigenvalue weighted by molar-refractivity contribution is 14.1. The van der Waals surface area contributed by atoms with Crippen molar-refractivity contribution in [2.75, 3.05) is 6.61 Å². The molecule has 6 nitrogen and oxygen atoms in total. The molecule has 0 saturated carbocycles. The van der Waals surface area contributed by atoms with Crippen LogP contribution in [0.1, 0.15) is 32.8 Å². The molecule has 0 unspecified atom stereocenters. The first-order valence-electron chi connectivity index (χ1n) is 7.44. The van der Waals surface area contributed by atoms with E-state index >= 15 is 0 Å². The monoisotopic (exact) mass is 446 g/mol. The molecule has 1 atom stereocenters. The van der Waals surface area contributed by atoms with E-state index in [1.165, 1.54) is 0 Å². The molecule has 130 valence electrons. The maximum Gasteiger partial charge on any atom is 0.343 e. The van der Waals surface area contributed by atoms with Crippen molar-refractivity contribution >= 4 is 34.5 Å². The van der Waals surface area contributed by atoms with Crippen LogP contribution in [0.4, 0.5) is 0 Å². The number of hydrogen-bond acceptors (Lipinski definition) is 6. The van der Waals surface area contributed by atoms with Crippen LogP contribution in [0, 0.1) is 3.57 Å². The molecule has 24 heavy (non-hydrogen) atoms. The third kappa shape index (κ3) is 4.27. The van der Waals surface area contributed by atoms with Gasteiger partial charge in [-0.1, -0.05) is 12.1 Å². The van der Waals surface area contributed by atoms with Gasteiger partial charge in [0.05, 0.1) is 12.7 Å². The van der Waals surface area contributed by atoms with Gasteiger partial charge in [0, 0.05) is 23.8 Å². The first-order chi connectivity index (χ1) is 11.2. The molecule has 1 heterocycles. The van der Waals surface area contributed by atoms with E-state index in [4.69, 9.17) is 14.2 Å². The third-order valence-corrected chi connectivity index (χ3v) is 4.09. The molecular weight excluding hydrogens is 427 g/mol. The third-order valence-electron chi connectivity index (χ3n) is 3.37. The van der Waals surface area contributed by atoms with Crippen molar-refractivity contribution in [1.82, 2.24) is 0 Å². The van der Waals surface area contributed by atoms with Gasteiger partial charge in [-0.25, -0.2) is 9.59 Å². The highest BCUT2D eigenvalue weighted by Gasteiger charge is 2.43. The minimum Gasteiger partial charge on any atom is -0.464 e. The molecule has 0 amide bonds. The van der Waals surface area contributed by atoms with Crippen molar-refractivity contribution in [1.29, 1.82) is 0 Å². The van der Waals surface area contributed by atoms with Crippen LogP contribution in [0.25, 0.3) is 0 Å². The number of carbonyl (C=O) groups excluding carboxylic acids is 2. The van der Waals surface area contributed by atoms with Gasteiger partial charge in [0.1, 0.15) is 5.76 Å². The number of esters is 2. The SMILES string of the molecule is CCOC(=O)[C@@](O)(CC1=CC(=O)OC(C)(C)O1)c1ccc(I)cc1. The molecule has 0 spiro atoms. The van der Waals surface area contributed by atoms with Crippen molar-refractivity contribution < 1.29 is 28.9 Å². The lowest BCUT2D eigenvalue weighted by Crippen LogP contribution is -2.41. The number of rotatable bonds is 5. The van der Waals surface area contributed by atoms with E-state index in [1.807, 2.05) is 0 Å². The maximum absolute atomic E-state index is 12.4. The fourth-order valence-corrected chi connectivity index (χ4v) is 2.74. The summed E-state index contributed by atoms with van der Waals surface area (Å²) in [4.78, 5) is 24.1. The Hall–Kier alpha value is -1.61. The maximum atomic E-state index is 12.4. The Bertz CT molecular complexity index is 664. The zero-order chi connectivity index (χ0) is 18.0. The van der Waals surface area contributed by atoms with Crippen molar-refractivity contribution in [3.05, 3.63) is 45.2 Å². The number of halogens is 1. The van der Waals surface area contributed by atoms with Crippen LogP contribution in [-0.4, -0.2) is 29.4 Å². The van der Waals surface area contributed by atoms with E-state index in [9.17, 15) is 14.7 Å². The van der Waals surface area contributed by atoms with Crippen molar-refractivity contribution in [2.45, 2.75) is 38.6 Å². The number of hydrogen-bond donors (Lipinski definition) is 1. The predicted octanol–water partition coefficient (Wildman–Crippen LogP) is 2.63. The minimum atomic E-state index is -1.96. The minimum absolute atomic E-state index is 0.124. The largest absolute Gasteiger partial charge is 0.464 e.